The number of nitrogens with zero attached hydrogens (tertiary/aromatic N) is 4. The average molecular weight is 247 g/mol. The van der Waals surface area contributed by atoms with Gasteiger partial charge in [-0.05, 0) is 32.7 Å². The zero-order valence-corrected chi connectivity index (χ0v) is 10.4. The van der Waals surface area contributed by atoms with Crippen LogP contribution in [0.25, 0.3) is 5.78 Å². The van der Waals surface area contributed by atoms with E-state index in [2.05, 4.69) is 15.1 Å². The van der Waals surface area contributed by atoms with Crippen LogP contribution in [0.3, 0.4) is 0 Å². The summed E-state index contributed by atoms with van der Waals surface area (Å²) >= 11 is 0. The first kappa shape index (κ1) is 11.4. The van der Waals surface area contributed by atoms with Gasteiger partial charge in [0, 0.05) is 17.7 Å². The van der Waals surface area contributed by atoms with Crippen LogP contribution in [0.4, 0.5) is 0 Å². The first-order chi connectivity index (χ1) is 8.78. The largest absolute Gasteiger partial charge is 0.474 e. The van der Waals surface area contributed by atoms with Crippen molar-refractivity contribution in [1.82, 2.24) is 19.6 Å². The quantitative estimate of drug-likeness (QED) is 0.873. The third-order valence-electron chi connectivity index (χ3n) is 3.51. The van der Waals surface area contributed by atoms with Crippen LogP contribution in [0.15, 0.2) is 12.4 Å². The third kappa shape index (κ3) is 1.92. The molecule has 0 bridgehead atoms. The number of rotatable bonds is 3. The van der Waals surface area contributed by atoms with Crippen molar-refractivity contribution < 1.29 is 4.74 Å². The fraction of sp³-hybridized carbons (Fsp3) is 0.583. The Hall–Kier alpha value is -1.69. The van der Waals surface area contributed by atoms with Gasteiger partial charge in [-0.15, -0.1) is 0 Å². The second kappa shape index (κ2) is 4.53. The molecule has 0 radical (unpaired) electrons. The molecule has 0 amide bonds. The van der Waals surface area contributed by atoms with E-state index in [1.807, 2.05) is 13.0 Å². The molecule has 0 aliphatic heterocycles. The molecule has 0 saturated heterocycles. The van der Waals surface area contributed by atoms with Crippen LogP contribution >= 0.6 is 0 Å². The van der Waals surface area contributed by atoms with Crippen molar-refractivity contribution in [1.29, 1.82) is 0 Å². The molecular formula is C12H17N5O. The van der Waals surface area contributed by atoms with Gasteiger partial charge in [0.15, 0.2) is 0 Å². The Balaban J connectivity index is 1.92. The van der Waals surface area contributed by atoms with E-state index in [4.69, 9.17) is 10.5 Å². The summed E-state index contributed by atoms with van der Waals surface area (Å²) in [7, 11) is 0. The number of ether oxygens (including phenoxy) is 1. The first-order valence-electron chi connectivity index (χ1n) is 6.32. The molecule has 1 aliphatic carbocycles. The summed E-state index contributed by atoms with van der Waals surface area (Å²) in [6.45, 7) is 2.60. The normalized spacial score (nSPS) is 23.7. The molecule has 2 heterocycles. The van der Waals surface area contributed by atoms with E-state index in [9.17, 15) is 0 Å². The van der Waals surface area contributed by atoms with E-state index in [1.165, 1.54) is 12.7 Å². The van der Waals surface area contributed by atoms with Gasteiger partial charge in [-0.1, -0.05) is 0 Å². The summed E-state index contributed by atoms with van der Waals surface area (Å²) in [5, 5.41) is 4.14. The minimum Gasteiger partial charge on any atom is -0.474 e. The molecule has 0 aromatic carbocycles. The lowest BCUT2D eigenvalue weighted by atomic mass is 10.1. The van der Waals surface area contributed by atoms with Crippen LogP contribution in [0.2, 0.25) is 0 Å². The fourth-order valence-electron chi connectivity index (χ4n) is 2.56. The van der Waals surface area contributed by atoms with Crippen LogP contribution in [0.1, 0.15) is 25.0 Å². The molecular weight excluding hydrogens is 230 g/mol. The Morgan fingerprint density at radius 1 is 1.50 bits per heavy atom. The lowest BCUT2D eigenvalue weighted by molar-refractivity contribution is 0.151. The van der Waals surface area contributed by atoms with Crippen LogP contribution in [-0.2, 0) is 0 Å². The molecule has 6 heteroatoms. The molecule has 1 aliphatic rings. The molecule has 18 heavy (non-hydrogen) atoms. The molecule has 2 aromatic heterocycles. The van der Waals surface area contributed by atoms with E-state index in [0.29, 0.717) is 24.1 Å². The molecule has 2 aromatic rings. The smallest absolute Gasteiger partial charge is 0.255 e. The minimum absolute atomic E-state index is 0.184. The van der Waals surface area contributed by atoms with Crippen molar-refractivity contribution in [2.45, 2.75) is 32.3 Å². The number of fused-ring (bicyclic) bond motifs is 1. The van der Waals surface area contributed by atoms with E-state index in [-0.39, 0.29) is 6.10 Å². The summed E-state index contributed by atoms with van der Waals surface area (Å²) in [5.74, 6) is 1.73. The van der Waals surface area contributed by atoms with Gasteiger partial charge in [0.1, 0.15) is 12.4 Å². The SMILES string of the molecule is Cc1cc(OC2CCCC2CN)n2ncnc2n1. The predicted molar refractivity (Wildman–Crippen MR) is 66.3 cm³/mol. The highest BCUT2D eigenvalue weighted by atomic mass is 16.5. The Morgan fingerprint density at radius 2 is 2.39 bits per heavy atom. The number of aromatic nitrogens is 4. The summed E-state index contributed by atoms with van der Waals surface area (Å²) in [6.07, 6.45) is 5.05. The Morgan fingerprint density at radius 3 is 3.22 bits per heavy atom. The maximum atomic E-state index is 6.07. The highest BCUT2D eigenvalue weighted by Gasteiger charge is 2.28. The molecule has 96 valence electrons. The van der Waals surface area contributed by atoms with Gasteiger partial charge in [0.2, 0.25) is 5.88 Å². The van der Waals surface area contributed by atoms with E-state index >= 15 is 0 Å². The zero-order chi connectivity index (χ0) is 12.5. The second-order valence-electron chi connectivity index (χ2n) is 4.79. The van der Waals surface area contributed by atoms with E-state index < -0.39 is 0 Å². The Labute approximate surface area is 105 Å². The van der Waals surface area contributed by atoms with Crippen molar-refractivity contribution in [3.05, 3.63) is 18.1 Å². The monoisotopic (exact) mass is 247 g/mol. The minimum atomic E-state index is 0.184. The van der Waals surface area contributed by atoms with Gasteiger partial charge in [-0.3, -0.25) is 0 Å². The maximum absolute atomic E-state index is 6.07. The molecule has 1 saturated carbocycles. The van der Waals surface area contributed by atoms with Gasteiger partial charge < -0.3 is 10.5 Å². The average Bonchev–Trinajstić information content (AvgIpc) is 2.96. The predicted octanol–water partition coefficient (Wildman–Crippen LogP) is 0.939. The number of aryl methyl sites for hydroxylation is 1. The maximum Gasteiger partial charge on any atom is 0.255 e. The van der Waals surface area contributed by atoms with Gasteiger partial charge in [-0.25, -0.2) is 4.98 Å². The molecule has 1 fully saturated rings. The zero-order valence-electron chi connectivity index (χ0n) is 10.4. The van der Waals surface area contributed by atoms with Crippen molar-refractivity contribution >= 4 is 5.78 Å². The Kier molecular flexibility index (Phi) is 2.87. The fourth-order valence-corrected chi connectivity index (χ4v) is 2.56. The van der Waals surface area contributed by atoms with Crippen molar-refractivity contribution in [2.75, 3.05) is 6.54 Å². The molecule has 2 N–H and O–H groups in total. The van der Waals surface area contributed by atoms with Gasteiger partial charge >= 0.3 is 0 Å². The highest BCUT2D eigenvalue weighted by Crippen LogP contribution is 2.29. The van der Waals surface area contributed by atoms with Crippen LogP contribution < -0.4 is 10.5 Å². The molecule has 3 rings (SSSR count). The molecule has 6 nitrogen and oxygen atoms in total. The standard InChI is InChI=1S/C12H17N5O/c1-8-5-11(17-12(16-8)14-7-15-17)18-10-4-2-3-9(10)6-13/h5,7,9-10H,2-4,6,13H2,1H3. The van der Waals surface area contributed by atoms with E-state index in [0.717, 1.165) is 18.5 Å². The third-order valence-corrected chi connectivity index (χ3v) is 3.51. The summed E-state index contributed by atoms with van der Waals surface area (Å²) in [5.41, 5.74) is 6.66. The van der Waals surface area contributed by atoms with Crippen LogP contribution in [0, 0.1) is 12.8 Å². The van der Waals surface area contributed by atoms with Gasteiger partial charge in [0.25, 0.3) is 5.78 Å². The topological polar surface area (TPSA) is 78.3 Å². The number of nitrogens with two attached hydrogens (primary N) is 1. The Bertz CT molecular complexity index is 552. The van der Waals surface area contributed by atoms with Gasteiger partial charge in [-0.2, -0.15) is 14.6 Å². The van der Waals surface area contributed by atoms with Crippen molar-refractivity contribution in [3.8, 4) is 5.88 Å². The molecule has 2 unspecified atom stereocenters. The van der Waals surface area contributed by atoms with Crippen LogP contribution in [-0.4, -0.2) is 32.2 Å². The summed E-state index contributed by atoms with van der Waals surface area (Å²) < 4.78 is 7.71. The summed E-state index contributed by atoms with van der Waals surface area (Å²) in [6, 6.07) is 1.90. The van der Waals surface area contributed by atoms with Crippen molar-refractivity contribution in [3.63, 3.8) is 0 Å². The molecule has 2 atom stereocenters. The molecule has 0 spiro atoms. The van der Waals surface area contributed by atoms with Crippen molar-refractivity contribution in [2.24, 2.45) is 11.7 Å². The lowest BCUT2D eigenvalue weighted by Gasteiger charge is -2.20. The van der Waals surface area contributed by atoms with Gasteiger partial charge in [0.05, 0.1) is 0 Å². The van der Waals surface area contributed by atoms with Crippen LogP contribution in [0.5, 0.6) is 5.88 Å². The highest BCUT2D eigenvalue weighted by molar-refractivity contribution is 5.32. The first-order valence-corrected chi connectivity index (χ1v) is 6.32. The summed E-state index contributed by atoms with van der Waals surface area (Å²) in [4.78, 5) is 8.38. The van der Waals surface area contributed by atoms with E-state index in [1.54, 1.807) is 4.52 Å². The lowest BCUT2D eigenvalue weighted by Crippen LogP contribution is -2.28. The number of hydrogen-bond acceptors (Lipinski definition) is 5. The number of hydrogen-bond donors (Lipinski definition) is 1. The second-order valence-corrected chi connectivity index (χ2v) is 4.79.